The van der Waals surface area contributed by atoms with E-state index < -0.39 is 47.1 Å². The van der Waals surface area contributed by atoms with Gasteiger partial charge in [-0.3, -0.25) is 24.6 Å². The van der Waals surface area contributed by atoms with Crippen LogP contribution in [0.4, 0.5) is 35.9 Å². The van der Waals surface area contributed by atoms with Gasteiger partial charge in [-0.15, -0.1) is 0 Å². The second-order valence-electron chi connectivity index (χ2n) is 6.78. The average molecular weight is 452 g/mol. The molecule has 1 aliphatic heterocycles. The minimum Gasteiger partial charge on any atom is -0.449 e. The van der Waals surface area contributed by atoms with Crippen LogP contribution in [-0.4, -0.2) is 35.4 Å². The molecule has 0 saturated heterocycles. The highest BCUT2D eigenvalue weighted by Gasteiger charge is 2.35. The van der Waals surface area contributed by atoms with Gasteiger partial charge in [0.15, 0.2) is 6.10 Å². The van der Waals surface area contributed by atoms with Gasteiger partial charge in [0.25, 0.3) is 11.6 Å². The first-order valence-corrected chi connectivity index (χ1v) is 8.96. The summed E-state index contributed by atoms with van der Waals surface area (Å²) in [5, 5.41) is 13.0. The minimum atomic E-state index is -4.65. The van der Waals surface area contributed by atoms with Crippen molar-refractivity contribution in [3.8, 4) is 0 Å². The molecule has 168 valence electrons. The normalized spacial score (nSPS) is 14.2. The SMILES string of the molecule is CC(OC(=O)c1ccc([N+](=O)[O-])cc1N)C(=O)N1CC(=O)Nc2cc(C(F)(F)F)ccc21. The van der Waals surface area contributed by atoms with Crippen LogP contribution in [0.3, 0.4) is 0 Å². The smallest absolute Gasteiger partial charge is 0.416 e. The maximum absolute atomic E-state index is 12.9. The molecular formula is C19H15F3N4O6. The number of alkyl halides is 3. The minimum absolute atomic E-state index is 0.000323. The molecule has 2 aromatic carbocycles. The lowest BCUT2D eigenvalue weighted by molar-refractivity contribution is -0.384. The summed E-state index contributed by atoms with van der Waals surface area (Å²) in [5.74, 6) is -2.65. The number of ether oxygens (including phenoxy) is 1. The third-order valence-corrected chi connectivity index (χ3v) is 4.55. The number of fused-ring (bicyclic) bond motifs is 1. The van der Waals surface area contributed by atoms with Crippen LogP contribution in [0.25, 0.3) is 0 Å². The van der Waals surface area contributed by atoms with Gasteiger partial charge in [-0.25, -0.2) is 4.79 Å². The zero-order valence-corrected chi connectivity index (χ0v) is 16.3. The summed E-state index contributed by atoms with van der Waals surface area (Å²) in [7, 11) is 0. The van der Waals surface area contributed by atoms with Gasteiger partial charge >= 0.3 is 12.1 Å². The zero-order chi connectivity index (χ0) is 23.8. The number of nitrogens with one attached hydrogen (secondary N) is 1. The maximum atomic E-state index is 12.9. The number of carbonyl (C=O) groups excluding carboxylic acids is 3. The number of nitro groups is 1. The first-order valence-electron chi connectivity index (χ1n) is 8.96. The number of hydrogen-bond donors (Lipinski definition) is 2. The van der Waals surface area contributed by atoms with Crippen LogP contribution >= 0.6 is 0 Å². The number of carbonyl (C=O) groups is 3. The zero-order valence-electron chi connectivity index (χ0n) is 16.3. The molecule has 0 spiro atoms. The van der Waals surface area contributed by atoms with Crippen molar-refractivity contribution in [2.24, 2.45) is 0 Å². The summed E-state index contributed by atoms with van der Waals surface area (Å²) in [5.41, 5.74) is 3.59. The van der Waals surface area contributed by atoms with Gasteiger partial charge in [-0.05, 0) is 31.2 Å². The van der Waals surface area contributed by atoms with Crippen LogP contribution < -0.4 is 16.0 Å². The van der Waals surface area contributed by atoms with E-state index in [-0.39, 0.29) is 28.3 Å². The number of esters is 1. The fourth-order valence-corrected chi connectivity index (χ4v) is 3.01. The van der Waals surface area contributed by atoms with Crippen molar-refractivity contribution in [1.29, 1.82) is 0 Å². The van der Waals surface area contributed by atoms with Gasteiger partial charge in [-0.1, -0.05) is 0 Å². The van der Waals surface area contributed by atoms with Crippen LogP contribution in [0.2, 0.25) is 0 Å². The van der Waals surface area contributed by atoms with E-state index in [0.717, 1.165) is 35.2 Å². The van der Waals surface area contributed by atoms with Crippen molar-refractivity contribution in [2.45, 2.75) is 19.2 Å². The quantitative estimate of drug-likeness (QED) is 0.314. The molecule has 0 aliphatic carbocycles. The molecule has 2 amide bonds. The Bertz CT molecular complexity index is 1130. The largest absolute Gasteiger partial charge is 0.449 e. The monoisotopic (exact) mass is 452 g/mol. The highest BCUT2D eigenvalue weighted by molar-refractivity contribution is 6.11. The highest BCUT2D eigenvalue weighted by Crippen LogP contribution is 2.37. The molecule has 1 heterocycles. The number of non-ortho nitro benzene ring substituents is 1. The summed E-state index contributed by atoms with van der Waals surface area (Å²) in [6.45, 7) is 0.705. The lowest BCUT2D eigenvalue weighted by Crippen LogP contribution is -2.47. The number of hydrogen-bond acceptors (Lipinski definition) is 7. The molecule has 1 unspecified atom stereocenters. The van der Waals surface area contributed by atoms with Gasteiger partial charge in [0.05, 0.1) is 33.1 Å². The molecule has 0 radical (unpaired) electrons. The fraction of sp³-hybridized carbons (Fsp3) is 0.211. The molecule has 0 saturated carbocycles. The number of nitrogens with zero attached hydrogens (tertiary/aromatic N) is 2. The number of halogens is 3. The van der Waals surface area contributed by atoms with Crippen molar-refractivity contribution in [3.63, 3.8) is 0 Å². The number of amides is 2. The van der Waals surface area contributed by atoms with Gasteiger partial charge < -0.3 is 15.8 Å². The van der Waals surface area contributed by atoms with E-state index in [0.29, 0.717) is 6.07 Å². The van der Waals surface area contributed by atoms with Crippen molar-refractivity contribution in [2.75, 3.05) is 22.5 Å². The van der Waals surface area contributed by atoms with Gasteiger partial charge in [0, 0.05) is 12.1 Å². The Hall–Kier alpha value is -4.16. The van der Waals surface area contributed by atoms with Crippen LogP contribution in [-0.2, 0) is 20.5 Å². The molecule has 0 aromatic heterocycles. The third kappa shape index (κ3) is 4.45. The van der Waals surface area contributed by atoms with Crippen LogP contribution in [0.5, 0.6) is 0 Å². The van der Waals surface area contributed by atoms with E-state index >= 15 is 0 Å². The van der Waals surface area contributed by atoms with E-state index in [1.165, 1.54) is 6.92 Å². The van der Waals surface area contributed by atoms with Crippen LogP contribution in [0, 0.1) is 10.1 Å². The Kier molecular flexibility index (Phi) is 5.75. The standard InChI is InChI=1S/C19H15F3N4O6/c1-9(32-18(29)12-4-3-11(26(30)31)7-13(12)23)17(28)25-8-16(27)24-14-6-10(19(20,21)22)2-5-15(14)25/h2-7,9H,8,23H2,1H3,(H,24,27). The summed E-state index contributed by atoms with van der Waals surface area (Å²) in [4.78, 5) is 48.1. The molecule has 1 aliphatic rings. The van der Waals surface area contributed by atoms with Gasteiger partial charge in [0.1, 0.15) is 6.54 Å². The lowest BCUT2D eigenvalue weighted by Gasteiger charge is -2.31. The predicted octanol–water partition coefficient (Wildman–Crippen LogP) is 2.73. The second kappa shape index (κ2) is 8.17. The van der Waals surface area contributed by atoms with Crippen LogP contribution in [0.1, 0.15) is 22.8 Å². The van der Waals surface area contributed by atoms with E-state index in [9.17, 15) is 37.7 Å². The Morgan fingerprint density at radius 2 is 1.94 bits per heavy atom. The number of nitrogen functional groups attached to an aromatic ring is 1. The first-order chi connectivity index (χ1) is 14.9. The molecule has 2 aromatic rings. The molecule has 3 N–H and O–H groups in total. The fourth-order valence-electron chi connectivity index (χ4n) is 3.01. The Morgan fingerprint density at radius 3 is 2.53 bits per heavy atom. The lowest BCUT2D eigenvalue weighted by atomic mass is 10.1. The molecule has 32 heavy (non-hydrogen) atoms. The molecule has 13 heteroatoms. The highest BCUT2D eigenvalue weighted by atomic mass is 19.4. The van der Waals surface area contributed by atoms with Gasteiger partial charge in [-0.2, -0.15) is 13.2 Å². The Labute approximate surface area is 177 Å². The van der Waals surface area contributed by atoms with Crippen LogP contribution in [0.15, 0.2) is 36.4 Å². The summed E-state index contributed by atoms with van der Waals surface area (Å²) in [6.07, 6.45) is -6.10. The molecule has 0 fully saturated rings. The summed E-state index contributed by atoms with van der Waals surface area (Å²) >= 11 is 0. The number of rotatable bonds is 4. The predicted molar refractivity (Wildman–Crippen MR) is 105 cm³/mol. The average Bonchev–Trinajstić information content (AvgIpc) is 2.71. The van der Waals surface area contributed by atoms with E-state index in [4.69, 9.17) is 10.5 Å². The summed E-state index contributed by atoms with van der Waals surface area (Å²) in [6, 6.07) is 5.52. The van der Waals surface area contributed by atoms with Crippen molar-refractivity contribution in [3.05, 3.63) is 57.6 Å². The first kappa shape index (κ1) is 22.5. The Balaban J connectivity index is 1.81. The van der Waals surface area contributed by atoms with Crippen molar-refractivity contribution in [1.82, 2.24) is 0 Å². The number of nitrogens with two attached hydrogens (primary N) is 1. The molecule has 1 atom stereocenters. The maximum Gasteiger partial charge on any atom is 0.416 e. The second-order valence-corrected chi connectivity index (χ2v) is 6.78. The molecule has 3 rings (SSSR count). The van der Waals surface area contributed by atoms with E-state index in [1.807, 2.05) is 0 Å². The van der Waals surface area contributed by atoms with Crippen molar-refractivity contribution < 1.29 is 37.2 Å². The van der Waals surface area contributed by atoms with E-state index in [2.05, 4.69) is 5.32 Å². The van der Waals surface area contributed by atoms with Crippen molar-refractivity contribution >= 4 is 40.5 Å². The molecular weight excluding hydrogens is 437 g/mol. The summed E-state index contributed by atoms with van der Waals surface area (Å²) < 4.78 is 43.9. The third-order valence-electron chi connectivity index (χ3n) is 4.55. The number of anilines is 3. The topological polar surface area (TPSA) is 145 Å². The van der Waals surface area contributed by atoms with Gasteiger partial charge in [0.2, 0.25) is 5.91 Å². The van der Waals surface area contributed by atoms with E-state index in [1.54, 1.807) is 0 Å². The Morgan fingerprint density at radius 1 is 1.25 bits per heavy atom. The molecule has 0 bridgehead atoms. The number of benzene rings is 2. The number of nitro benzene ring substituents is 1. The molecule has 10 nitrogen and oxygen atoms in total.